The topological polar surface area (TPSA) is 44.7 Å². The van der Waals surface area contributed by atoms with Crippen LogP contribution in [0.3, 0.4) is 0 Å². The molecule has 3 rings (SSSR count). The SMILES string of the molecule is CCc1ccc(C2=NCC(=O)N(CCc3ccccc3)N2)cc1. The van der Waals surface area contributed by atoms with E-state index in [1.54, 1.807) is 5.01 Å². The van der Waals surface area contributed by atoms with Gasteiger partial charge in [0.1, 0.15) is 12.4 Å². The number of carbonyl (C=O) groups is 1. The van der Waals surface area contributed by atoms with E-state index in [1.807, 2.05) is 18.2 Å². The highest BCUT2D eigenvalue weighted by Crippen LogP contribution is 2.09. The van der Waals surface area contributed by atoms with Gasteiger partial charge in [0.15, 0.2) is 0 Å². The smallest absolute Gasteiger partial charge is 0.262 e. The molecule has 0 spiro atoms. The molecular formula is C19H21N3O. The Bertz CT molecular complexity index is 692. The summed E-state index contributed by atoms with van der Waals surface area (Å²) in [6.07, 6.45) is 1.84. The summed E-state index contributed by atoms with van der Waals surface area (Å²) in [4.78, 5) is 16.4. The fourth-order valence-corrected chi connectivity index (χ4v) is 2.58. The maximum Gasteiger partial charge on any atom is 0.262 e. The van der Waals surface area contributed by atoms with Crippen molar-refractivity contribution >= 4 is 11.7 Å². The summed E-state index contributed by atoms with van der Waals surface area (Å²) in [5.74, 6) is 0.773. The normalized spacial score (nSPS) is 14.4. The molecule has 0 fully saturated rings. The van der Waals surface area contributed by atoms with Gasteiger partial charge in [-0.25, -0.2) is 0 Å². The number of amidine groups is 1. The first-order chi connectivity index (χ1) is 11.3. The number of amides is 1. The Hall–Kier alpha value is -2.62. The molecule has 23 heavy (non-hydrogen) atoms. The zero-order chi connectivity index (χ0) is 16.1. The lowest BCUT2D eigenvalue weighted by molar-refractivity contribution is -0.132. The molecule has 4 nitrogen and oxygen atoms in total. The molecule has 118 valence electrons. The summed E-state index contributed by atoms with van der Waals surface area (Å²) < 4.78 is 0. The van der Waals surface area contributed by atoms with Gasteiger partial charge in [-0.15, -0.1) is 0 Å². The molecule has 0 aliphatic carbocycles. The molecule has 1 heterocycles. The van der Waals surface area contributed by atoms with Gasteiger partial charge < -0.3 is 0 Å². The zero-order valence-corrected chi connectivity index (χ0v) is 13.3. The molecule has 0 radical (unpaired) electrons. The van der Waals surface area contributed by atoms with Gasteiger partial charge in [0.05, 0.1) is 0 Å². The van der Waals surface area contributed by atoms with Crippen LogP contribution in [0.1, 0.15) is 23.6 Å². The first kappa shape index (κ1) is 15.3. The Morgan fingerprint density at radius 3 is 2.48 bits per heavy atom. The monoisotopic (exact) mass is 307 g/mol. The number of nitrogens with one attached hydrogen (secondary N) is 1. The molecule has 2 aromatic rings. The maximum absolute atomic E-state index is 12.0. The van der Waals surface area contributed by atoms with Crippen LogP contribution in [0, 0.1) is 0 Å². The first-order valence-corrected chi connectivity index (χ1v) is 8.01. The van der Waals surface area contributed by atoms with Gasteiger partial charge in [0, 0.05) is 12.1 Å². The number of benzene rings is 2. The first-order valence-electron chi connectivity index (χ1n) is 8.01. The molecule has 1 N–H and O–H groups in total. The lowest BCUT2D eigenvalue weighted by Gasteiger charge is -2.28. The number of nitrogens with zero attached hydrogens (tertiary/aromatic N) is 2. The number of hydrogen-bond acceptors (Lipinski definition) is 3. The van der Waals surface area contributed by atoms with Crippen LogP contribution in [0.25, 0.3) is 0 Å². The predicted molar refractivity (Wildman–Crippen MR) is 92.2 cm³/mol. The van der Waals surface area contributed by atoms with Crippen molar-refractivity contribution in [2.75, 3.05) is 13.1 Å². The molecule has 1 aliphatic rings. The highest BCUT2D eigenvalue weighted by atomic mass is 16.2. The maximum atomic E-state index is 12.0. The summed E-state index contributed by atoms with van der Waals surface area (Å²) >= 11 is 0. The Morgan fingerprint density at radius 1 is 1.04 bits per heavy atom. The van der Waals surface area contributed by atoms with Crippen molar-refractivity contribution in [3.05, 3.63) is 71.3 Å². The van der Waals surface area contributed by atoms with E-state index in [2.05, 4.69) is 53.7 Å². The lowest BCUT2D eigenvalue weighted by atomic mass is 10.1. The standard InChI is InChI=1S/C19H21N3O/c1-2-15-8-10-17(11-9-15)19-20-14-18(23)22(21-19)13-12-16-6-4-3-5-7-16/h3-11H,2,12-14H2,1H3,(H,20,21). The van der Waals surface area contributed by atoms with Gasteiger partial charge >= 0.3 is 0 Å². The average molecular weight is 307 g/mol. The van der Waals surface area contributed by atoms with Crippen LogP contribution < -0.4 is 5.43 Å². The Kier molecular flexibility index (Phi) is 4.71. The van der Waals surface area contributed by atoms with Crippen molar-refractivity contribution in [1.29, 1.82) is 0 Å². The van der Waals surface area contributed by atoms with Crippen LogP contribution >= 0.6 is 0 Å². The Morgan fingerprint density at radius 2 is 1.78 bits per heavy atom. The molecule has 0 atom stereocenters. The minimum absolute atomic E-state index is 0.00913. The molecule has 4 heteroatoms. The van der Waals surface area contributed by atoms with Crippen molar-refractivity contribution in [2.24, 2.45) is 4.99 Å². The zero-order valence-electron chi connectivity index (χ0n) is 13.3. The van der Waals surface area contributed by atoms with Crippen molar-refractivity contribution in [3.63, 3.8) is 0 Å². The second kappa shape index (κ2) is 7.09. The third-order valence-corrected chi connectivity index (χ3v) is 4.02. The number of rotatable bonds is 5. The van der Waals surface area contributed by atoms with E-state index in [0.29, 0.717) is 6.54 Å². The molecule has 0 aromatic heterocycles. The summed E-state index contributed by atoms with van der Waals surface area (Å²) in [5.41, 5.74) is 6.69. The molecule has 0 saturated heterocycles. The highest BCUT2D eigenvalue weighted by Gasteiger charge is 2.20. The van der Waals surface area contributed by atoms with Crippen LogP contribution in [0.2, 0.25) is 0 Å². The minimum Gasteiger partial charge on any atom is -0.279 e. The second-order valence-electron chi connectivity index (χ2n) is 5.61. The lowest BCUT2D eigenvalue weighted by Crippen LogP contribution is -2.51. The van der Waals surface area contributed by atoms with E-state index < -0.39 is 0 Å². The molecule has 1 amide bonds. The summed E-state index contributed by atoms with van der Waals surface area (Å²) in [6.45, 7) is 2.97. The second-order valence-corrected chi connectivity index (χ2v) is 5.61. The van der Waals surface area contributed by atoms with Crippen LogP contribution in [-0.2, 0) is 17.6 Å². The van der Waals surface area contributed by atoms with E-state index in [0.717, 1.165) is 24.2 Å². The third-order valence-electron chi connectivity index (χ3n) is 4.02. The number of carbonyl (C=O) groups excluding carboxylic acids is 1. The van der Waals surface area contributed by atoms with Gasteiger partial charge in [-0.3, -0.25) is 20.2 Å². The van der Waals surface area contributed by atoms with Crippen molar-refractivity contribution in [3.8, 4) is 0 Å². The third kappa shape index (κ3) is 3.77. The summed E-state index contributed by atoms with van der Waals surface area (Å²) in [6, 6.07) is 18.5. The van der Waals surface area contributed by atoms with Crippen LogP contribution in [0.4, 0.5) is 0 Å². The van der Waals surface area contributed by atoms with Crippen molar-refractivity contribution < 1.29 is 4.79 Å². The van der Waals surface area contributed by atoms with E-state index in [4.69, 9.17) is 0 Å². The minimum atomic E-state index is 0.00913. The Labute approximate surface area is 136 Å². The predicted octanol–water partition coefficient (Wildman–Crippen LogP) is 2.59. The number of aliphatic imine (C=N–C) groups is 1. The number of aryl methyl sites for hydroxylation is 1. The van der Waals surface area contributed by atoms with Crippen LogP contribution in [0.15, 0.2) is 59.6 Å². The fourth-order valence-electron chi connectivity index (χ4n) is 2.58. The molecule has 2 aromatic carbocycles. The van der Waals surface area contributed by atoms with Gasteiger partial charge in [-0.05, 0) is 24.0 Å². The molecule has 0 unspecified atom stereocenters. The van der Waals surface area contributed by atoms with Crippen LogP contribution in [0.5, 0.6) is 0 Å². The molecule has 0 bridgehead atoms. The average Bonchev–Trinajstić information content (AvgIpc) is 2.62. The van der Waals surface area contributed by atoms with Gasteiger partial charge in [-0.1, -0.05) is 61.5 Å². The Balaban J connectivity index is 1.66. The van der Waals surface area contributed by atoms with Crippen molar-refractivity contribution in [1.82, 2.24) is 10.4 Å². The van der Waals surface area contributed by atoms with E-state index in [9.17, 15) is 4.79 Å². The van der Waals surface area contributed by atoms with Crippen LogP contribution in [-0.4, -0.2) is 29.8 Å². The fraction of sp³-hybridized carbons (Fsp3) is 0.263. The molecule has 1 aliphatic heterocycles. The van der Waals surface area contributed by atoms with Gasteiger partial charge in [-0.2, -0.15) is 0 Å². The van der Waals surface area contributed by atoms with Gasteiger partial charge in [0.25, 0.3) is 5.91 Å². The van der Waals surface area contributed by atoms with Gasteiger partial charge in [0.2, 0.25) is 0 Å². The summed E-state index contributed by atoms with van der Waals surface area (Å²) in [7, 11) is 0. The molecule has 0 saturated carbocycles. The van der Waals surface area contributed by atoms with E-state index in [1.165, 1.54) is 11.1 Å². The number of hydrazine groups is 1. The quantitative estimate of drug-likeness (QED) is 0.923. The van der Waals surface area contributed by atoms with Crippen molar-refractivity contribution in [2.45, 2.75) is 19.8 Å². The summed E-state index contributed by atoms with van der Waals surface area (Å²) in [5, 5.41) is 1.67. The highest BCUT2D eigenvalue weighted by molar-refractivity contribution is 6.02. The largest absolute Gasteiger partial charge is 0.279 e. The van der Waals surface area contributed by atoms with E-state index >= 15 is 0 Å². The molecular weight excluding hydrogens is 286 g/mol. The van der Waals surface area contributed by atoms with E-state index in [-0.39, 0.29) is 12.5 Å². The number of hydrogen-bond donors (Lipinski definition) is 1.